The van der Waals surface area contributed by atoms with Crippen LogP contribution in [0.25, 0.3) is 0 Å². The first-order chi connectivity index (χ1) is 4.73. The van der Waals surface area contributed by atoms with Crippen LogP contribution in [0.1, 0.15) is 34.6 Å². The Morgan fingerprint density at radius 1 is 1.18 bits per heavy atom. The first-order valence-electron chi connectivity index (χ1n) is 3.82. The summed E-state index contributed by atoms with van der Waals surface area (Å²) in [6, 6.07) is 0. The minimum absolute atomic E-state index is 0.0395. The third-order valence-electron chi connectivity index (χ3n) is 2.69. The molecule has 0 amide bonds. The fourth-order valence-electron chi connectivity index (χ4n) is 0.585. The Balaban J connectivity index is 4.59. The van der Waals surface area contributed by atoms with Crippen LogP contribution in [-0.2, 0) is 4.79 Å². The predicted molar refractivity (Wildman–Crippen MR) is 52.0 cm³/mol. The zero-order valence-electron chi connectivity index (χ0n) is 7.99. The summed E-state index contributed by atoms with van der Waals surface area (Å²) in [5, 5.41) is 0.456. The van der Waals surface area contributed by atoms with Gasteiger partial charge in [0.1, 0.15) is 5.78 Å². The Morgan fingerprint density at radius 3 is 1.64 bits per heavy atom. The van der Waals surface area contributed by atoms with E-state index in [0.717, 1.165) is 0 Å². The number of Topliss-reactive ketones (excluding diaryl/α,β-unsaturated/α-hetero) is 1. The van der Waals surface area contributed by atoms with E-state index in [1.54, 1.807) is 0 Å². The van der Waals surface area contributed by atoms with Crippen LogP contribution in [-0.4, -0.2) is 11.1 Å². The summed E-state index contributed by atoms with van der Waals surface area (Å²) >= 11 is 3.19. The molecule has 0 heterocycles. The normalized spacial score (nSPS) is 13.3. The molecule has 0 fully saturated rings. The van der Waals surface area contributed by atoms with Crippen molar-refractivity contribution in [1.82, 2.24) is 0 Å². The van der Waals surface area contributed by atoms with Crippen molar-refractivity contribution in [2.24, 2.45) is 10.8 Å². The Kier molecular flexibility index (Phi) is 3.30. The topological polar surface area (TPSA) is 17.1 Å². The van der Waals surface area contributed by atoms with E-state index in [2.05, 4.69) is 36.7 Å². The average molecular weight is 221 g/mol. The van der Waals surface area contributed by atoms with Gasteiger partial charge in [0, 0.05) is 5.41 Å². The molecule has 0 rings (SSSR count). The van der Waals surface area contributed by atoms with Crippen molar-refractivity contribution in [2.75, 3.05) is 5.33 Å². The van der Waals surface area contributed by atoms with E-state index in [9.17, 15) is 4.79 Å². The van der Waals surface area contributed by atoms with Gasteiger partial charge < -0.3 is 0 Å². The number of carbonyl (C=O) groups is 1. The molecule has 0 saturated carbocycles. The van der Waals surface area contributed by atoms with Crippen molar-refractivity contribution < 1.29 is 4.79 Å². The minimum atomic E-state index is -0.240. The number of carbonyl (C=O) groups excluding carboxylic acids is 1. The number of ketones is 1. The predicted octanol–water partition coefficient (Wildman–Crippen LogP) is 3.02. The number of halogens is 1. The Labute approximate surface area is 77.7 Å². The third-order valence-corrected chi connectivity index (χ3v) is 3.20. The number of alkyl halides is 1. The highest BCUT2D eigenvalue weighted by atomic mass is 79.9. The number of hydrogen-bond acceptors (Lipinski definition) is 1. The van der Waals surface area contributed by atoms with Crippen LogP contribution in [0.2, 0.25) is 0 Å². The lowest BCUT2D eigenvalue weighted by molar-refractivity contribution is -0.129. The zero-order chi connectivity index (χ0) is 9.28. The van der Waals surface area contributed by atoms with Gasteiger partial charge in [-0.25, -0.2) is 0 Å². The van der Waals surface area contributed by atoms with Crippen LogP contribution in [0.3, 0.4) is 0 Å². The molecule has 0 aromatic rings. The van der Waals surface area contributed by atoms with Crippen molar-refractivity contribution in [3.05, 3.63) is 0 Å². The highest BCUT2D eigenvalue weighted by Crippen LogP contribution is 2.38. The Bertz CT molecular complexity index is 153. The minimum Gasteiger partial charge on any atom is -0.298 e. The summed E-state index contributed by atoms with van der Waals surface area (Å²) in [5.74, 6) is 0.269. The molecule has 0 spiro atoms. The van der Waals surface area contributed by atoms with E-state index in [-0.39, 0.29) is 16.6 Å². The van der Waals surface area contributed by atoms with Gasteiger partial charge in [0.2, 0.25) is 0 Å². The van der Waals surface area contributed by atoms with Gasteiger partial charge in [-0.15, -0.1) is 0 Å². The Morgan fingerprint density at radius 2 is 1.55 bits per heavy atom. The van der Waals surface area contributed by atoms with Gasteiger partial charge in [0.05, 0.1) is 5.33 Å². The fraction of sp³-hybridized carbons (Fsp3) is 0.889. The van der Waals surface area contributed by atoms with E-state index in [0.29, 0.717) is 5.33 Å². The maximum Gasteiger partial charge on any atom is 0.149 e. The van der Waals surface area contributed by atoms with Gasteiger partial charge >= 0.3 is 0 Å². The van der Waals surface area contributed by atoms with Crippen LogP contribution in [0.5, 0.6) is 0 Å². The van der Waals surface area contributed by atoms with Crippen LogP contribution in [0.4, 0.5) is 0 Å². The Hall–Kier alpha value is 0.150. The molecule has 0 N–H and O–H groups in total. The third kappa shape index (κ3) is 2.29. The molecule has 0 aromatic carbocycles. The van der Waals surface area contributed by atoms with Crippen molar-refractivity contribution >= 4 is 21.7 Å². The molecule has 0 saturated heterocycles. The number of rotatable bonds is 2. The van der Waals surface area contributed by atoms with Gasteiger partial charge in [0.25, 0.3) is 0 Å². The quantitative estimate of drug-likeness (QED) is 0.655. The van der Waals surface area contributed by atoms with Gasteiger partial charge in [0.15, 0.2) is 0 Å². The maximum absolute atomic E-state index is 11.4. The van der Waals surface area contributed by atoms with Crippen molar-refractivity contribution in [1.29, 1.82) is 0 Å². The summed E-state index contributed by atoms with van der Waals surface area (Å²) in [5.41, 5.74) is -0.200. The lowest BCUT2D eigenvalue weighted by Gasteiger charge is -2.36. The molecule has 0 aromatic heterocycles. The van der Waals surface area contributed by atoms with E-state index in [1.165, 1.54) is 0 Å². The highest BCUT2D eigenvalue weighted by molar-refractivity contribution is 9.09. The molecular formula is C9H17BrO. The second kappa shape index (κ2) is 3.26. The molecule has 1 nitrogen and oxygen atoms in total. The maximum atomic E-state index is 11.4. The molecule has 11 heavy (non-hydrogen) atoms. The monoisotopic (exact) mass is 220 g/mol. The molecule has 0 atom stereocenters. The van der Waals surface area contributed by atoms with Gasteiger partial charge in [-0.1, -0.05) is 50.5 Å². The standard InChI is InChI=1S/C9H17BrO/c1-8(2,3)9(4,5)7(11)6-10/h6H2,1-5H3. The molecule has 0 bridgehead atoms. The molecule has 0 unspecified atom stereocenters. The molecule has 2 heteroatoms. The highest BCUT2D eigenvalue weighted by Gasteiger charge is 2.38. The summed E-state index contributed by atoms with van der Waals surface area (Å²) < 4.78 is 0. The number of hydrogen-bond donors (Lipinski definition) is 0. The second-order valence-corrected chi connectivity index (χ2v) is 4.99. The average Bonchev–Trinajstić information content (AvgIpc) is 1.83. The summed E-state index contributed by atoms with van der Waals surface area (Å²) in [6.45, 7) is 10.3. The molecule has 0 radical (unpaired) electrons. The smallest absolute Gasteiger partial charge is 0.149 e. The van der Waals surface area contributed by atoms with Crippen molar-refractivity contribution in [2.45, 2.75) is 34.6 Å². The van der Waals surface area contributed by atoms with Crippen LogP contribution >= 0.6 is 15.9 Å². The molecule has 0 aliphatic heterocycles. The van der Waals surface area contributed by atoms with E-state index >= 15 is 0 Å². The zero-order valence-corrected chi connectivity index (χ0v) is 9.58. The van der Waals surface area contributed by atoms with Crippen molar-refractivity contribution in [3.63, 3.8) is 0 Å². The second-order valence-electron chi connectivity index (χ2n) is 4.43. The van der Waals surface area contributed by atoms with Gasteiger partial charge in [-0.05, 0) is 5.41 Å². The first-order valence-corrected chi connectivity index (χ1v) is 4.95. The van der Waals surface area contributed by atoms with E-state index in [1.807, 2.05) is 13.8 Å². The fourth-order valence-corrected chi connectivity index (χ4v) is 1.29. The van der Waals surface area contributed by atoms with E-state index < -0.39 is 0 Å². The van der Waals surface area contributed by atoms with Gasteiger partial charge in [-0.2, -0.15) is 0 Å². The molecular weight excluding hydrogens is 204 g/mol. The summed E-state index contributed by atoms with van der Waals surface area (Å²) in [7, 11) is 0. The molecule has 0 aliphatic carbocycles. The SMILES string of the molecule is CC(C)(C)C(C)(C)C(=O)CBr. The lowest BCUT2D eigenvalue weighted by Crippen LogP contribution is -2.38. The molecule has 0 aliphatic rings. The van der Waals surface area contributed by atoms with Crippen molar-refractivity contribution in [3.8, 4) is 0 Å². The van der Waals surface area contributed by atoms with Crippen LogP contribution in [0, 0.1) is 10.8 Å². The lowest BCUT2D eigenvalue weighted by atomic mass is 9.67. The molecule has 66 valence electrons. The first kappa shape index (κ1) is 11.2. The summed E-state index contributed by atoms with van der Waals surface area (Å²) in [4.78, 5) is 11.4. The van der Waals surface area contributed by atoms with Crippen LogP contribution in [0.15, 0.2) is 0 Å². The summed E-state index contributed by atoms with van der Waals surface area (Å²) in [6.07, 6.45) is 0. The van der Waals surface area contributed by atoms with Gasteiger partial charge in [-0.3, -0.25) is 4.79 Å². The largest absolute Gasteiger partial charge is 0.298 e. The van der Waals surface area contributed by atoms with Crippen LogP contribution < -0.4 is 0 Å². The van der Waals surface area contributed by atoms with E-state index in [4.69, 9.17) is 0 Å².